The maximum Gasteiger partial charge on any atom is 0.238 e. The molecule has 3 heterocycles. The number of hydrogen-bond donors (Lipinski definition) is 1. The Labute approximate surface area is 105 Å². The van der Waals surface area contributed by atoms with Gasteiger partial charge in [-0.05, 0) is 25.4 Å². The molecule has 1 aliphatic heterocycles. The van der Waals surface area contributed by atoms with Crippen molar-refractivity contribution in [2.24, 2.45) is 13.0 Å². The normalized spacial score (nSPS) is 24.3. The highest BCUT2D eigenvalue weighted by atomic mass is 16.5. The number of piperidine rings is 1. The van der Waals surface area contributed by atoms with E-state index in [1.54, 1.807) is 6.20 Å². The molecule has 2 atom stereocenters. The Morgan fingerprint density at radius 2 is 2.39 bits per heavy atom. The standard InChI is InChI=1S/C12H17N5O/c1-8-7-13-4-3-9(8)12-15-10(16-18-12)11-14-5-6-17(11)2/h5-6,8-9,13H,3-4,7H2,1-2H3. The molecule has 1 aliphatic rings. The van der Waals surface area contributed by atoms with Crippen LogP contribution in [0.5, 0.6) is 0 Å². The largest absolute Gasteiger partial charge is 0.339 e. The van der Waals surface area contributed by atoms with Gasteiger partial charge in [0.25, 0.3) is 0 Å². The van der Waals surface area contributed by atoms with Gasteiger partial charge < -0.3 is 14.4 Å². The SMILES string of the molecule is CC1CNCCC1c1nc(-c2nccn2C)no1. The Morgan fingerprint density at radius 1 is 1.50 bits per heavy atom. The lowest BCUT2D eigenvalue weighted by atomic mass is 9.88. The Bertz CT molecular complexity index is 532. The van der Waals surface area contributed by atoms with Gasteiger partial charge in [-0.2, -0.15) is 4.98 Å². The maximum absolute atomic E-state index is 5.41. The molecule has 2 unspecified atom stereocenters. The van der Waals surface area contributed by atoms with Crippen LogP contribution in [0.25, 0.3) is 11.6 Å². The molecule has 1 saturated heterocycles. The predicted molar refractivity (Wildman–Crippen MR) is 65.9 cm³/mol. The number of nitrogens with one attached hydrogen (secondary N) is 1. The minimum absolute atomic E-state index is 0.354. The molecular weight excluding hydrogens is 230 g/mol. The molecule has 0 radical (unpaired) electrons. The van der Waals surface area contributed by atoms with Crippen molar-refractivity contribution in [2.75, 3.05) is 13.1 Å². The number of nitrogens with zero attached hydrogens (tertiary/aromatic N) is 4. The summed E-state index contributed by atoms with van der Waals surface area (Å²) in [6.45, 7) is 4.22. The molecule has 0 amide bonds. The third-order valence-electron chi connectivity index (χ3n) is 3.57. The van der Waals surface area contributed by atoms with Gasteiger partial charge in [-0.25, -0.2) is 4.98 Å². The van der Waals surface area contributed by atoms with Crippen molar-refractivity contribution in [3.8, 4) is 11.6 Å². The van der Waals surface area contributed by atoms with E-state index >= 15 is 0 Å². The number of aryl methyl sites for hydroxylation is 1. The molecule has 18 heavy (non-hydrogen) atoms. The Hall–Kier alpha value is -1.69. The van der Waals surface area contributed by atoms with E-state index in [2.05, 4.69) is 27.4 Å². The van der Waals surface area contributed by atoms with Gasteiger partial charge in [-0.3, -0.25) is 0 Å². The fourth-order valence-corrected chi connectivity index (χ4v) is 2.44. The second-order valence-corrected chi connectivity index (χ2v) is 4.89. The third kappa shape index (κ3) is 1.92. The summed E-state index contributed by atoms with van der Waals surface area (Å²) >= 11 is 0. The number of hydrogen-bond acceptors (Lipinski definition) is 5. The van der Waals surface area contributed by atoms with Crippen molar-refractivity contribution in [3.05, 3.63) is 18.3 Å². The van der Waals surface area contributed by atoms with Gasteiger partial charge in [0.05, 0.1) is 0 Å². The molecule has 1 N–H and O–H groups in total. The molecule has 2 aromatic heterocycles. The van der Waals surface area contributed by atoms with Crippen LogP contribution in [0.1, 0.15) is 25.2 Å². The topological polar surface area (TPSA) is 68.8 Å². The second-order valence-electron chi connectivity index (χ2n) is 4.89. The lowest BCUT2D eigenvalue weighted by molar-refractivity contribution is 0.270. The molecule has 0 bridgehead atoms. The molecule has 6 nitrogen and oxygen atoms in total. The summed E-state index contributed by atoms with van der Waals surface area (Å²) < 4.78 is 7.30. The first-order valence-corrected chi connectivity index (χ1v) is 6.27. The first kappa shape index (κ1) is 11.4. The summed E-state index contributed by atoms with van der Waals surface area (Å²) in [7, 11) is 1.92. The fraction of sp³-hybridized carbons (Fsp3) is 0.583. The highest BCUT2D eigenvalue weighted by Gasteiger charge is 2.28. The van der Waals surface area contributed by atoms with Crippen LogP contribution in [0.15, 0.2) is 16.9 Å². The molecule has 1 fully saturated rings. The average molecular weight is 247 g/mol. The summed E-state index contributed by atoms with van der Waals surface area (Å²) in [4.78, 5) is 8.73. The van der Waals surface area contributed by atoms with Crippen molar-refractivity contribution in [3.63, 3.8) is 0 Å². The first-order chi connectivity index (χ1) is 8.75. The molecule has 3 rings (SSSR count). The predicted octanol–water partition coefficient (Wildman–Crippen LogP) is 1.18. The maximum atomic E-state index is 5.41. The van der Waals surface area contributed by atoms with Crippen molar-refractivity contribution in [2.45, 2.75) is 19.3 Å². The average Bonchev–Trinajstić information content (AvgIpc) is 2.98. The van der Waals surface area contributed by atoms with Crippen LogP contribution in [0, 0.1) is 5.92 Å². The van der Waals surface area contributed by atoms with Crippen molar-refractivity contribution < 1.29 is 4.52 Å². The number of aromatic nitrogens is 4. The molecule has 96 valence electrons. The third-order valence-corrected chi connectivity index (χ3v) is 3.57. The summed E-state index contributed by atoms with van der Waals surface area (Å²) in [5.74, 6) is 2.93. The van der Waals surface area contributed by atoms with E-state index in [9.17, 15) is 0 Å². The molecular formula is C12H17N5O. The smallest absolute Gasteiger partial charge is 0.238 e. The second kappa shape index (κ2) is 4.53. The monoisotopic (exact) mass is 247 g/mol. The van der Waals surface area contributed by atoms with E-state index in [0.717, 1.165) is 31.2 Å². The zero-order valence-electron chi connectivity index (χ0n) is 10.6. The highest BCUT2D eigenvalue weighted by Crippen LogP contribution is 2.29. The van der Waals surface area contributed by atoms with Crippen LogP contribution in [0.2, 0.25) is 0 Å². The van der Waals surface area contributed by atoms with Gasteiger partial charge in [0, 0.05) is 25.4 Å². The zero-order valence-corrected chi connectivity index (χ0v) is 10.6. The minimum Gasteiger partial charge on any atom is -0.339 e. The molecule has 0 saturated carbocycles. The van der Waals surface area contributed by atoms with Crippen molar-refractivity contribution in [1.82, 2.24) is 25.0 Å². The number of rotatable bonds is 2. The quantitative estimate of drug-likeness (QED) is 0.863. The molecule has 0 aliphatic carbocycles. The van der Waals surface area contributed by atoms with Crippen LogP contribution < -0.4 is 5.32 Å². The van der Waals surface area contributed by atoms with Crippen LogP contribution >= 0.6 is 0 Å². The Balaban J connectivity index is 1.87. The summed E-state index contributed by atoms with van der Waals surface area (Å²) in [6, 6.07) is 0. The summed E-state index contributed by atoms with van der Waals surface area (Å²) in [6.07, 6.45) is 4.65. The summed E-state index contributed by atoms with van der Waals surface area (Å²) in [5.41, 5.74) is 0. The van der Waals surface area contributed by atoms with E-state index in [1.165, 1.54) is 0 Å². The van der Waals surface area contributed by atoms with Crippen molar-refractivity contribution >= 4 is 0 Å². The molecule has 2 aromatic rings. The lowest BCUT2D eigenvalue weighted by Gasteiger charge is -2.26. The van der Waals surface area contributed by atoms with E-state index in [4.69, 9.17) is 4.52 Å². The Morgan fingerprint density at radius 3 is 3.11 bits per heavy atom. The van der Waals surface area contributed by atoms with Gasteiger partial charge in [0.15, 0.2) is 5.82 Å². The number of imidazole rings is 1. The van der Waals surface area contributed by atoms with Gasteiger partial charge >= 0.3 is 0 Å². The van der Waals surface area contributed by atoms with Gasteiger partial charge in [0.1, 0.15) is 0 Å². The highest BCUT2D eigenvalue weighted by molar-refractivity contribution is 5.42. The van der Waals surface area contributed by atoms with E-state index in [0.29, 0.717) is 17.7 Å². The van der Waals surface area contributed by atoms with Crippen LogP contribution in [-0.4, -0.2) is 32.8 Å². The fourth-order valence-electron chi connectivity index (χ4n) is 2.44. The first-order valence-electron chi connectivity index (χ1n) is 6.27. The lowest BCUT2D eigenvalue weighted by Crippen LogP contribution is -2.33. The van der Waals surface area contributed by atoms with Crippen molar-refractivity contribution in [1.29, 1.82) is 0 Å². The molecule has 0 aromatic carbocycles. The summed E-state index contributed by atoms with van der Waals surface area (Å²) in [5, 5.41) is 7.41. The van der Waals surface area contributed by atoms with Gasteiger partial charge in [-0.15, -0.1) is 0 Å². The Kier molecular flexibility index (Phi) is 2.87. The zero-order chi connectivity index (χ0) is 12.5. The molecule has 0 spiro atoms. The van der Waals surface area contributed by atoms with Gasteiger partial charge in [0.2, 0.25) is 11.7 Å². The van der Waals surface area contributed by atoms with Gasteiger partial charge in [-0.1, -0.05) is 12.1 Å². The van der Waals surface area contributed by atoms with Crippen LogP contribution in [0.3, 0.4) is 0 Å². The minimum atomic E-state index is 0.354. The van der Waals surface area contributed by atoms with Crippen LogP contribution in [-0.2, 0) is 7.05 Å². The van der Waals surface area contributed by atoms with E-state index < -0.39 is 0 Å². The molecule has 6 heteroatoms. The van der Waals surface area contributed by atoms with E-state index in [1.807, 2.05) is 17.8 Å². The van der Waals surface area contributed by atoms with Crippen LogP contribution in [0.4, 0.5) is 0 Å². The van der Waals surface area contributed by atoms with E-state index in [-0.39, 0.29) is 0 Å².